The quantitative estimate of drug-likeness (QED) is 0.839. The minimum atomic E-state index is 0.645. The first-order valence-electron chi connectivity index (χ1n) is 7.63. The van der Waals surface area contributed by atoms with Crippen molar-refractivity contribution in [3.63, 3.8) is 0 Å². The molecule has 0 radical (unpaired) electrons. The molecule has 0 aliphatic carbocycles. The van der Waals surface area contributed by atoms with E-state index >= 15 is 0 Å². The average molecular weight is 313 g/mol. The molecule has 1 aromatic rings. The summed E-state index contributed by atoms with van der Waals surface area (Å²) in [5.74, 6) is 0. The Morgan fingerprint density at radius 2 is 1.95 bits per heavy atom. The summed E-state index contributed by atoms with van der Waals surface area (Å²) >= 11 is 12.0. The summed E-state index contributed by atoms with van der Waals surface area (Å²) in [6.45, 7) is 6.12. The predicted octanol–water partition coefficient (Wildman–Crippen LogP) is 3.71. The number of hydrogen-bond donors (Lipinski definition) is 0. The number of piperidine rings is 1. The Balaban J connectivity index is 1.52. The number of nitrogens with zero attached hydrogens (tertiary/aromatic N) is 2. The number of halogens is 2. The minimum Gasteiger partial charge on any atom is -0.300 e. The van der Waals surface area contributed by atoms with E-state index in [1.807, 2.05) is 12.1 Å². The van der Waals surface area contributed by atoms with Crippen LogP contribution in [0.25, 0.3) is 0 Å². The van der Waals surface area contributed by atoms with Gasteiger partial charge >= 0.3 is 0 Å². The second-order valence-electron chi connectivity index (χ2n) is 5.98. The molecule has 4 heteroatoms. The van der Waals surface area contributed by atoms with Gasteiger partial charge in [-0.25, -0.2) is 0 Å². The summed E-state index contributed by atoms with van der Waals surface area (Å²) in [6, 6.07) is 6.79. The van der Waals surface area contributed by atoms with Crippen molar-refractivity contribution >= 4 is 23.2 Å². The summed E-state index contributed by atoms with van der Waals surface area (Å²) < 4.78 is 0. The fraction of sp³-hybridized carbons (Fsp3) is 0.625. The van der Waals surface area contributed by atoms with Crippen LogP contribution in [0.1, 0.15) is 24.8 Å². The predicted molar refractivity (Wildman–Crippen MR) is 85.8 cm³/mol. The molecule has 2 aliphatic rings. The molecule has 0 bridgehead atoms. The van der Waals surface area contributed by atoms with Crippen LogP contribution in [-0.2, 0) is 6.42 Å². The van der Waals surface area contributed by atoms with E-state index in [0.717, 1.165) is 19.0 Å². The molecule has 2 saturated heterocycles. The molecule has 1 aromatic carbocycles. The van der Waals surface area contributed by atoms with Crippen molar-refractivity contribution in [2.45, 2.75) is 31.7 Å². The van der Waals surface area contributed by atoms with Crippen molar-refractivity contribution in [3.05, 3.63) is 33.8 Å². The molecule has 20 heavy (non-hydrogen) atoms. The van der Waals surface area contributed by atoms with Crippen LogP contribution in [0.3, 0.4) is 0 Å². The molecule has 3 rings (SSSR count). The lowest BCUT2D eigenvalue weighted by Crippen LogP contribution is -2.55. The highest BCUT2D eigenvalue weighted by molar-refractivity contribution is 6.42. The van der Waals surface area contributed by atoms with Crippen LogP contribution in [0.4, 0.5) is 0 Å². The lowest BCUT2D eigenvalue weighted by atomic mass is 9.99. The second kappa shape index (κ2) is 6.65. The third kappa shape index (κ3) is 3.48. The molecule has 0 N–H and O–H groups in total. The Hall–Kier alpha value is -0.280. The molecule has 2 heterocycles. The van der Waals surface area contributed by atoms with Crippen molar-refractivity contribution in [1.29, 1.82) is 0 Å². The molecule has 0 amide bonds. The van der Waals surface area contributed by atoms with E-state index in [1.54, 1.807) is 0 Å². The van der Waals surface area contributed by atoms with E-state index in [1.165, 1.54) is 51.0 Å². The van der Waals surface area contributed by atoms with Gasteiger partial charge in [-0.15, -0.1) is 0 Å². The maximum Gasteiger partial charge on any atom is 0.0595 e. The van der Waals surface area contributed by atoms with Gasteiger partial charge in [0.15, 0.2) is 0 Å². The van der Waals surface area contributed by atoms with Gasteiger partial charge in [0.2, 0.25) is 0 Å². The zero-order valence-electron chi connectivity index (χ0n) is 11.8. The highest BCUT2D eigenvalue weighted by Crippen LogP contribution is 2.24. The zero-order valence-corrected chi connectivity index (χ0v) is 13.3. The van der Waals surface area contributed by atoms with Crippen molar-refractivity contribution in [3.8, 4) is 0 Å². The molecule has 0 aromatic heterocycles. The first-order valence-corrected chi connectivity index (χ1v) is 8.38. The SMILES string of the molecule is Clc1ccc(CCN2CCN3CCCC[C@H]3C2)cc1Cl. The number of rotatable bonds is 3. The standard InChI is InChI=1S/C16H22Cl2N2/c17-15-5-4-13(11-16(15)18)6-8-19-9-10-20-7-2-1-3-14(20)12-19/h4-5,11,14H,1-3,6-10,12H2/t14-/m0/s1. The van der Waals surface area contributed by atoms with E-state index in [4.69, 9.17) is 23.2 Å². The zero-order chi connectivity index (χ0) is 13.9. The van der Waals surface area contributed by atoms with E-state index in [2.05, 4.69) is 15.9 Å². The summed E-state index contributed by atoms with van der Waals surface area (Å²) in [4.78, 5) is 5.29. The van der Waals surface area contributed by atoms with Crippen LogP contribution in [0.5, 0.6) is 0 Å². The number of fused-ring (bicyclic) bond motifs is 1. The van der Waals surface area contributed by atoms with E-state index in [-0.39, 0.29) is 0 Å². The number of hydrogen-bond acceptors (Lipinski definition) is 2. The topological polar surface area (TPSA) is 6.48 Å². The third-order valence-electron chi connectivity index (χ3n) is 4.62. The molecular formula is C16H22Cl2N2. The molecule has 110 valence electrons. The van der Waals surface area contributed by atoms with Gasteiger partial charge in [-0.3, -0.25) is 4.90 Å². The highest BCUT2D eigenvalue weighted by Gasteiger charge is 2.28. The van der Waals surface area contributed by atoms with Gasteiger partial charge in [0.25, 0.3) is 0 Å². The van der Waals surface area contributed by atoms with Crippen LogP contribution in [0, 0.1) is 0 Å². The van der Waals surface area contributed by atoms with Crippen molar-refractivity contribution < 1.29 is 0 Å². The molecular weight excluding hydrogens is 291 g/mol. The number of benzene rings is 1. The normalized spacial score (nSPS) is 24.6. The van der Waals surface area contributed by atoms with Gasteiger partial charge in [0, 0.05) is 32.2 Å². The Morgan fingerprint density at radius 3 is 2.80 bits per heavy atom. The first-order chi connectivity index (χ1) is 9.72. The van der Waals surface area contributed by atoms with Crippen LogP contribution < -0.4 is 0 Å². The van der Waals surface area contributed by atoms with Gasteiger partial charge in [-0.2, -0.15) is 0 Å². The van der Waals surface area contributed by atoms with Gasteiger partial charge in [0.1, 0.15) is 0 Å². The Kier molecular flexibility index (Phi) is 4.87. The van der Waals surface area contributed by atoms with E-state index < -0.39 is 0 Å². The lowest BCUT2D eigenvalue weighted by molar-refractivity contribution is 0.0500. The number of piperazine rings is 1. The minimum absolute atomic E-state index is 0.645. The maximum atomic E-state index is 6.07. The monoisotopic (exact) mass is 312 g/mol. The summed E-state index contributed by atoms with van der Waals surface area (Å²) in [7, 11) is 0. The summed E-state index contributed by atoms with van der Waals surface area (Å²) in [6.07, 6.45) is 5.23. The van der Waals surface area contributed by atoms with Crippen LogP contribution in [-0.4, -0.2) is 48.6 Å². The van der Waals surface area contributed by atoms with E-state index in [0.29, 0.717) is 10.0 Å². The van der Waals surface area contributed by atoms with Crippen molar-refractivity contribution in [1.82, 2.24) is 9.80 Å². The maximum absolute atomic E-state index is 6.07. The van der Waals surface area contributed by atoms with Gasteiger partial charge < -0.3 is 4.90 Å². The summed E-state index contributed by atoms with van der Waals surface area (Å²) in [5.41, 5.74) is 1.28. The first kappa shape index (κ1) is 14.6. The fourth-order valence-electron chi connectivity index (χ4n) is 3.41. The Morgan fingerprint density at radius 1 is 1.05 bits per heavy atom. The van der Waals surface area contributed by atoms with Gasteiger partial charge in [0.05, 0.1) is 10.0 Å². The lowest BCUT2D eigenvalue weighted by Gasteiger charge is -2.44. The highest BCUT2D eigenvalue weighted by atomic mass is 35.5. The third-order valence-corrected chi connectivity index (χ3v) is 5.36. The molecule has 0 spiro atoms. The molecule has 2 aliphatic heterocycles. The molecule has 1 atom stereocenters. The second-order valence-corrected chi connectivity index (χ2v) is 6.80. The molecule has 2 nitrogen and oxygen atoms in total. The van der Waals surface area contributed by atoms with Crippen LogP contribution in [0.2, 0.25) is 10.0 Å². The Bertz CT molecular complexity index is 464. The van der Waals surface area contributed by atoms with Crippen LogP contribution >= 0.6 is 23.2 Å². The fourth-order valence-corrected chi connectivity index (χ4v) is 3.73. The van der Waals surface area contributed by atoms with Crippen molar-refractivity contribution in [2.24, 2.45) is 0 Å². The van der Waals surface area contributed by atoms with Crippen molar-refractivity contribution in [2.75, 3.05) is 32.7 Å². The largest absolute Gasteiger partial charge is 0.300 e. The van der Waals surface area contributed by atoms with Gasteiger partial charge in [-0.05, 0) is 43.5 Å². The Labute approximate surface area is 131 Å². The van der Waals surface area contributed by atoms with Crippen LogP contribution in [0.15, 0.2) is 18.2 Å². The smallest absolute Gasteiger partial charge is 0.0595 e. The molecule has 0 unspecified atom stereocenters. The summed E-state index contributed by atoms with van der Waals surface area (Å²) in [5, 5.41) is 1.31. The van der Waals surface area contributed by atoms with E-state index in [9.17, 15) is 0 Å². The molecule has 0 saturated carbocycles. The molecule has 2 fully saturated rings. The average Bonchev–Trinajstić information content (AvgIpc) is 2.48. The van der Waals surface area contributed by atoms with Gasteiger partial charge in [-0.1, -0.05) is 35.7 Å².